The maximum Gasteiger partial charge on any atom is 0.325 e. The molecule has 3 rings (SSSR count). The van der Waals surface area contributed by atoms with Crippen LogP contribution in [0.4, 0.5) is 4.79 Å². The second-order valence-electron chi connectivity index (χ2n) is 5.47. The van der Waals surface area contributed by atoms with E-state index in [1.807, 2.05) is 6.07 Å². The second-order valence-corrected chi connectivity index (χ2v) is 5.47. The maximum atomic E-state index is 12.6. The summed E-state index contributed by atoms with van der Waals surface area (Å²) in [4.78, 5) is 25.7. The fraction of sp³-hybridized carbons (Fsp3) is 0.235. The number of nitrogens with zero attached hydrogens (tertiary/aromatic N) is 2. The van der Waals surface area contributed by atoms with Gasteiger partial charge in [0.25, 0.3) is 5.91 Å². The maximum absolute atomic E-state index is 12.6. The molecule has 0 bridgehead atoms. The molecule has 24 heavy (non-hydrogen) atoms. The SMILES string of the molecule is CC1(c2ccco2)NC(=O)N(CCOc2ccc(C#N)cc2)C1=O. The molecule has 2 heterocycles. The Bertz CT molecular complexity index is 792. The van der Waals surface area contributed by atoms with E-state index in [1.165, 1.54) is 6.26 Å². The highest BCUT2D eigenvalue weighted by molar-refractivity contribution is 6.06. The second kappa shape index (κ2) is 6.08. The van der Waals surface area contributed by atoms with Crippen molar-refractivity contribution in [2.24, 2.45) is 0 Å². The number of nitriles is 1. The number of nitrogens with one attached hydrogen (secondary N) is 1. The van der Waals surface area contributed by atoms with Gasteiger partial charge in [-0.2, -0.15) is 5.26 Å². The number of benzene rings is 1. The van der Waals surface area contributed by atoms with Crippen LogP contribution < -0.4 is 10.1 Å². The third kappa shape index (κ3) is 2.70. The standard InChI is InChI=1S/C17H15N3O4/c1-17(14-3-2-9-24-14)15(21)20(16(22)19-17)8-10-23-13-6-4-12(11-18)5-7-13/h2-7,9H,8,10H2,1H3,(H,19,22). The highest BCUT2D eigenvalue weighted by Crippen LogP contribution is 2.28. The Balaban J connectivity index is 1.62. The molecule has 1 aromatic carbocycles. The number of imide groups is 1. The summed E-state index contributed by atoms with van der Waals surface area (Å²) in [7, 11) is 0. The van der Waals surface area contributed by atoms with Gasteiger partial charge < -0.3 is 14.5 Å². The summed E-state index contributed by atoms with van der Waals surface area (Å²) in [5, 5.41) is 11.4. The normalized spacial score (nSPS) is 19.9. The molecule has 1 fully saturated rings. The molecule has 1 unspecified atom stereocenters. The zero-order valence-electron chi connectivity index (χ0n) is 13.0. The van der Waals surface area contributed by atoms with Gasteiger partial charge >= 0.3 is 6.03 Å². The summed E-state index contributed by atoms with van der Waals surface area (Å²) in [6, 6.07) is 11.4. The Morgan fingerprint density at radius 1 is 1.29 bits per heavy atom. The van der Waals surface area contributed by atoms with E-state index in [4.69, 9.17) is 14.4 Å². The molecule has 0 radical (unpaired) electrons. The average molecular weight is 325 g/mol. The molecule has 7 nitrogen and oxygen atoms in total. The van der Waals surface area contributed by atoms with Crippen LogP contribution in [0.3, 0.4) is 0 Å². The third-order valence-corrected chi connectivity index (χ3v) is 3.86. The van der Waals surface area contributed by atoms with Crippen molar-refractivity contribution in [2.45, 2.75) is 12.5 Å². The summed E-state index contributed by atoms with van der Waals surface area (Å²) < 4.78 is 10.8. The van der Waals surface area contributed by atoms with E-state index in [1.54, 1.807) is 43.3 Å². The highest BCUT2D eigenvalue weighted by Gasteiger charge is 2.50. The fourth-order valence-electron chi connectivity index (χ4n) is 2.51. The van der Waals surface area contributed by atoms with Gasteiger partial charge in [0.1, 0.15) is 18.1 Å². The molecular weight excluding hydrogens is 310 g/mol. The van der Waals surface area contributed by atoms with Crippen molar-refractivity contribution in [1.29, 1.82) is 5.26 Å². The summed E-state index contributed by atoms with van der Waals surface area (Å²) >= 11 is 0. The van der Waals surface area contributed by atoms with Crippen molar-refractivity contribution >= 4 is 11.9 Å². The first-order valence-corrected chi connectivity index (χ1v) is 7.35. The van der Waals surface area contributed by atoms with Gasteiger partial charge in [-0.3, -0.25) is 9.69 Å². The van der Waals surface area contributed by atoms with Crippen molar-refractivity contribution in [3.63, 3.8) is 0 Å². The number of ether oxygens (including phenoxy) is 1. The molecule has 0 aliphatic carbocycles. The molecule has 1 aromatic heterocycles. The lowest BCUT2D eigenvalue weighted by molar-refractivity contribution is -0.131. The lowest BCUT2D eigenvalue weighted by Gasteiger charge is -2.19. The van der Waals surface area contributed by atoms with Gasteiger partial charge in [-0.1, -0.05) is 0 Å². The molecule has 1 atom stereocenters. The van der Waals surface area contributed by atoms with Crippen molar-refractivity contribution in [2.75, 3.05) is 13.2 Å². The van der Waals surface area contributed by atoms with Crippen molar-refractivity contribution < 1.29 is 18.7 Å². The number of furan rings is 1. The van der Waals surface area contributed by atoms with Crippen LogP contribution in [-0.2, 0) is 10.3 Å². The monoisotopic (exact) mass is 325 g/mol. The van der Waals surface area contributed by atoms with E-state index in [0.29, 0.717) is 17.1 Å². The smallest absolute Gasteiger partial charge is 0.325 e. The molecule has 7 heteroatoms. The molecule has 0 saturated carbocycles. The summed E-state index contributed by atoms with van der Waals surface area (Å²) in [6.07, 6.45) is 1.46. The molecule has 122 valence electrons. The molecule has 1 saturated heterocycles. The van der Waals surface area contributed by atoms with Gasteiger partial charge in [-0.05, 0) is 43.3 Å². The highest BCUT2D eigenvalue weighted by atomic mass is 16.5. The first-order chi connectivity index (χ1) is 11.5. The van der Waals surface area contributed by atoms with Crippen LogP contribution in [0.25, 0.3) is 0 Å². The minimum atomic E-state index is -1.20. The van der Waals surface area contributed by atoms with Crippen LogP contribution in [0, 0.1) is 11.3 Å². The van der Waals surface area contributed by atoms with Crippen molar-refractivity contribution in [1.82, 2.24) is 10.2 Å². The Labute approximate surface area is 138 Å². The van der Waals surface area contributed by atoms with Crippen LogP contribution in [0.2, 0.25) is 0 Å². The molecule has 2 aromatic rings. The number of amides is 3. The molecule has 1 aliphatic rings. The Morgan fingerprint density at radius 3 is 2.67 bits per heavy atom. The van der Waals surface area contributed by atoms with Crippen LogP contribution in [0.1, 0.15) is 18.2 Å². The third-order valence-electron chi connectivity index (χ3n) is 3.86. The zero-order chi connectivity index (χ0) is 17.2. The van der Waals surface area contributed by atoms with Crippen LogP contribution >= 0.6 is 0 Å². The van der Waals surface area contributed by atoms with E-state index < -0.39 is 11.6 Å². The quantitative estimate of drug-likeness (QED) is 0.848. The fourth-order valence-corrected chi connectivity index (χ4v) is 2.51. The van der Waals surface area contributed by atoms with Crippen LogP contribution in [-0.4, -0.2) is 30.0 Å². The number of hydrogen-bond donors (Lipinski definition) is 1. The van der Waals surface area contributed by atoms with E-state index in [2.05, 4.69) is 5.32 Å². The molecule has 1 N–H and O–H groups in total. The molecule has 3 amide bonds. The molecule has 1 aliphatic heterocycles. The van der Waals surface area contributed by atoms with Crippen molar-refractivity contribution in [3.05, 3.63) is 54.0 Å². The largest absolute Gasteiger partial charge is 0.492 e. The van der Waals surface area contributed by atoms with Gasteiger partial charge in [0.05, 0.1) is 24.4 Å². The number of rotatable bonds is 5. The van der Waals surface area contributed by atoms with E-state index >= 15 is 0 Å². The van der Waals surface area contributed by atoms with Crippen molar-refractivity contribution in [3.8, 4) is 11.8 Å². The number of urea groups is 1. The molecule has 0 spiro atoms. The summed E-state index contributed by atoms with van der Waals surface area (Å²) in [5.41, 5.74) is -0.666. The predicted octanol–water partition coefficient (Wildman–Crippen LogP) is 2.00. The van der Waals surface area contributed by atoms with Crippen LogP contribution in [0.5, 0.6) is 5.75 Å². The Kier molecular flexibility index (Phi) is 3.96. The molecular formula is C17H15N3O4. The number of carbonyl (C=O) groups excluding carboxylic acids is 2. The Morgan fingerprint density at radius 2 is 2.04 bits per heavy atom. The van der Waals surface area contributed by atoms with Crippen LogP contribution in [0.15, 0.2) is 47.1 Å². The van der Waals surface area contributed by atoms with Gasteiger partial charge in [0, 0.05) is 0 Å². The zero-order valence-corrected chi connectivity index (χ0v) is 13.0. The van der Waals surface area contributed by atoms with E-state index in [-0.39, 0.29) is 19.1 Å². The first-order valence-electron chi connectivity index (χ1n) is 7.35. The number of hydrogen-bond acceptors (Lipinski definition) is 5. The first kappa shape index (κ1) is 15.6. The average Bonchev–Trinajstić information content (AvgIpc) is 3.19. The van der Waals surface area contributed by atoms with Gasteiger partial charge in [0.2, 0.25) is 0 Å². The van der Waals surface area contributed by atoms with Gasteiger partial charge in [-0.15, -0.1) is 0 Å². The lowest BCUT2D eigenvalue weighted by atomic mass is 9.99. The summed E-state index contributed by atoms with van der Waals surface area (Å²) in [6.45, 7) is 1.87. The van der Waals surface area contributed by atoms with Gasteiger partial charge in [-0.25, -0.2) is 4.79 Å². The number of carbonyl (C=O) groups is 2. The summed E-state index contributed by atoms with van der Waals surface area (Å²) in [5.74, 6) is 0.567. The minimum absolute atomic E-state index is 0.112. The lowest BCUT2D eigenvalue weighted by Crippen LogP contribution is -2.41. The Hall–Kier alpha value is -3.27. The van der Waals surface area contributed by atoms with E-state index in [9.17, 15) is 9.59 Å². The predicted molar refractivity (Wildman–Crippen MR) is 83.0 cm³/mol. The minimum Gasteiger partial charge on any atom is -0.492 e. The topological polar surface area (TPSA) is 95.6 Å². The van der Waals surface area contributed by atoms with E-state index in [0.717, 1.165) is 4.90 Å². The van der Waals surface area contributed by atoms with Gasteiger partial charge in [0.15, 0.2) is 5.54 Å².